The summed E-state index contributed by atoms with van der Waals surface area (Å²) in [5.74, 6) is -0.844. The van der Waals surface area contributed by atoms with Gasteiger partial charge in [0.1, 0.15) is 12.6 Å². The largest absolute Gasteiger partial charge is 0.352 e. The van der Waals surface area contributed by atoms with Gasteiger partial charge < -0.3 is 10.2 Å². The predicted octanol–water partition coefficient (Wildman–Crippen LogP) is 5.09. The van der Waals surface area contributed by atoms with Crippen LogP contribution >= 0.6 is 11.6 Å². The Morgan fingerprint density at radius 3 is 2.13 bits per heavy atom. The molecule has 0 unspecified atom stereocenters. The molecule has 0 fully saturated rings. The molecule has 0 spiro atoms. The molecule has 0 aliphatic rings. The summed E-state index contributed by atoms with van der Waals surface area (Å²) in [7, 11) is -4.14. The van der Waals surface area contributed by atoms with Crippen molar-refractivity contribution in [1.82, 2.24) is 10.2 Å². The minimum absolute atomic E-state index is 0.0489. The van der Waals surface area contributed by atoms with E-state index in [0.717, 1.165) is 21.0 Å². The molecule has 3 aromatic carbocycles. The van der Waals surface area contributed by atoms with Gasteiger partial charge in [0.25, 0.3) is 10.0 Å². The van der Waals surface area contributed by atoms with E-state index in [1.165, 1.54) is 23.1 Å². The second kappa shape index (κ2) is 12.5. The lowest BCUT2D eigenvalue weighted by atomic mass is 10.1. The van der Waals surface area contributed by atoms with Crippen molar-refractivity contribution in [3.63, 3.8) is 0 Å². The van der Waals surface area contributed by atoms with Gasteiger partial charge in [-0.25, -0.2) is 8.42 Å². The van der Waals surface area contributed by atoms with Crippen molar-refractivity contribution < 1.29 is 18.0 Å². The van der Waals surface area contributed by atoms with Gasteiger partial charge in [0, 0.05) is 17.6 Å². The van der Waals surface area contributed by atoms with Crippen LogP contribution in [0.2, 0.25) is 5.02 Å². The van der Waals surface area contributed by atoms with Crippen LogP contribution in [-0.2, 0) is 26.2 Å². The van der Waals surface area contributed by atoms with Crippen molar-refractivity contribution in [1.29, 1.82) is 0 Å². The summed E-state index contributed by atoms with van der Waals surface area (Å²) in [4.78, 5) is 28.2. The second-order valence-electron chi connectivity index (χ2n) is 9.60. The van der Waals surface area contributed by atoms with E-state index < -0.39 is 28.5 Å². The summed E-state index contributed by atoms with van der Waals surface area (Å²) in [6, 6.07) is 19.6. The van der Waals surface area contributed by atoms with E-state index in [0.29, 0.717) is 5.02 Å². The first-order chi connectivity index (χ1) is 17.9. The van der Waals surface area contributed by atoms with E-state index in [1.807, 2.05) is 58.0 Å². The summed E-state index contributed by atoms with van der Waals surface area (Å²) in [6.07, 6.45) is 0. The first-order valence-electron chi connectivity index (χ1n) is 12.4. The zero-order valence-electron chi connectivity index (χ0n) is 22.3. The molecular formula is C29H34ClN3O4S. The molecule has 0 aliphatic carbocycles. The first kappa shape index (κ1) is 29.2. The number of carbonyl (C=O) groups excluding carboxylic acids is 2. The number of hydrogen-bond acceptors (Lipinski definition) is 4. The Morgan fingerprint density at radius 2 is 1.55 bits per heavy atom. The zero-order chi connectivity index (χ0) is 28.0. The molecule has 9 heteroatoms. The smallest absolute Gasteiger partial charge is 0.264 e. The fraction of sp³-hybridized carbons (Fsp3) is 0.310. The number of rotatable bonds is 10. The average Bonchev–Trinajstić information content (AvgIpc) is 2.87. The van der Waals surface area contributed by atoms with Crippen molar-refractivity contribution in [2.45, 2.75) is 58.1 Å². The van der Waals surface area contributed by atoms with Crippen molar-refractivity contribution in [3.8, 4) is 0 Å². The number of nitrogens with one attached hydrogen (secondary N) is 1. The lowest BCUT2D eigenvalue weighted by Crippen LogP contribution is -2.52. The van der Waals surface area contributed by atoms with Gasteiger partial charge >= 0.3 is 0 Å². The van der Waals surface area contributed by atoms with Crippen LogP contribution in [0.3, 0.4) is 0 Å². The number of nitrogens with zero attached hydrogens (tertiary/aromatic N) is 2. The van der Waals surface area contributed by atoms with Crippen LogP contribution in [0, 0.1) is 13.8 Å². The molecule has 3 rings (SSSR count). The fourth-order valence-corrected chi connectivity index (χ4v) is 5.45. The quantitative estimate of drug-likeness (QED) is 0.377. The maximum atomic E-state index is 13.9. The molecule has 2 amide bonds. The molecule has 7 nitrogen and oxygen atoms in total. The molecule has 38 heavy (non-hydrogen) atoms. The van der Waals surface area contributed by atoms with Gasteiger partial charge in [-0.3, -0.25) is 13.9 Å². The van der Waals surface area contributed by atoms with E-state index in [9.17, 15) is 18.0 Å². The summed E-state index contributed by atoms with van der Waals surface area (Å²) < 4.78 is 28.7. The SMILES string of the molecule is Cc1ccc(S(=O)(=O)N(CC(=O)N(Cc2ccccc2)[C@H](C)C(=O)NC(C)C)c2ccc(C)c(Cl)c2)cc1. The van der Waals surface area contributed by atoms with Gasteiger partial charge in [-0.05, 0) is 70.0 Å². The van der Waals surface area contributed by atoms with Crippen molar-refractivity contribution in [2.24, 2.45) is 0 Å². The molecule has 1 N–H and O–H groups in total. The summed E-state index contributed by atoms with van der Waals surface area (Å²) in [6.45, 7) is 8.62. The van der Waals surface area contributed by atoms with Crippen molar-refractivity contribution in [2.75, 3.05) is 10.8 Å². The molecule has 0 saturated heterocycles. The van der Waals surface area contributed by atoms with E-state index in [-0.39, 0.29) is 29.1 Å². The van der Waals surface area contributed by atoms with E-state index in [2.05, 4.69) is 5.32 Å². The highest BCUT2D eigenvalue weighted by Gasteiger charge is 2.32. The Morgan fingerprint density at radius 1 is 0.921 bits per heavy atom. The predicted molar refractivity (Wildman–Crippen MR) is 152 cm³/mol. The number of benzene rings is 3. The number of hydrogen-bond donors (Lipinski definition) is 1. The standard InChI is InChI=1S/C29H34ClN3O4S/c1-20(2)31-29(35)23(5)32(18-24-9-7-6-8-10-24)28(34)19-33(25-14-13-22(4)27(30)17-25)38(36,37)26-15-11-21(3)12-16-26/h6-17,20,23H,18-19H2,1-5H3,(H,31,35)/t23-/m1/s1. The van der Waals surface area contributed by atoms with Crippen molar-refractivity contribution in [3.05, 3.63) is 94.5 Å². The molecule has 0 aromatic heterocycles. The Balaban J connectivity index is 2.04. The van der Waals surface area contributed by atoms with Crippen LogP contribution in [0.25, 0.3) is 0 Å². The van der Waals surface area contributed by atoms with Crippen LogP contribution in [-0.4, -0.2) is 43.8 Å². The van der Waals surface area contributed by atoms with Crippen LogP contribution in [0.4, 0.5) is 5.69 Å². The Labute approximate surface area is 230 Å². The average molecular weight is 556 g/mol. The third-order valence-electron chi connectivity index (χ3n) is 6.13. The van der Waals surface area contributed by atoms with E-state index in [4.69, 9.17) is 11.6 Å². The first-order valence-corrected chi connectivity index (χ1v) is 14.2. The molecule has 0 heterocycles. The molecular weight excluding hydrogens is 522 g/mol. The lowest BCUT2D eigenvalue weighted by molar-refractivity contribution is -0.139. The number of aryl methyl sites for hydroxylation is 2. The third kappa shape index (κ3) is 7.14. The minimum Gasteiger partial charge on any atom is -0.352 e. The van der Waals surface area contributed by atoms with E-state index >= 15 is 0 Å². The highest BCUT2D eigenvalue weighted by Crippen LogP contribution is 2.28. The normalized spacial score (nSPS) is 12.2. The molecule has 3 aromatic rings. The lowest BCUT2D eigenvalue weighted by Gasteiger charge is -2.32. The summed E-state index contributed by atoms with van der Waals surface area (Å²) in [5.41, 5.74) is 2.76. The van der Waals surface area contributed by atoms with Gasteiger partial charge in [0.15, 0.2) is 0 Å². The monoisotopic (exact) mass is 555 g/mol. The molecule has 1 atom stereocenters. The minimum atomic E-state index is -4.14. The topological polar surface area (TPSA) is 86.8 Å². The number of amides is 2. The number of anilines is 1. The van der Waals surface area contributed by atoms with E-state index in [1.54, 1.807) is 31.2 Å². The fourth-order valence-electron chi connectivity index (χ4n) is 3.87. The Kier molecular flexibility index (Phi) is 9.57. The number of sulfonamides is 1. The van der Waals surface area contributed by atoms with Crippen LogP contribution in [0.15, 0.2) is 77.7 Å². The van der Waals surface area contributed by atoms with Crippen molar-refractivity contribution >= 4 is 39.1 Å². The highest BCUT2D eigenvalue weighted by molar-refractivity contribution is 7.92. The van der Waals surface area contributed by atoms with Gasteiger partial charge in [0.05, 0.1) is 10.6 Å². The third-order valence-corrected chi connectivity index (χ3v) is 8.32. The van der Waals surface area contributed by atoms with Crippen LogP contribution in [0.5, 0.6) is 0 Å². The summed E-state index contributed by atoms with van der Waals surface area (Å²) >= 11 is 6.35. The van der Waals surface area contributed by atoms with Gasteiger partial charge in [-0.2, -0.15) is 0 Å². The Hall–Kier alpha value is -3.36. The van der Waals surface area contributed by atoms with Gasteiger partial charge in [0.2, 0.25) is 11.8 Å². The second-order valence-corrected chi connectivity index (χ2v) is 11.9. The van der Waals surface area contributed by atoms with Crippen LogP contribution in [0.1, 0.15) is 37.5 Å². The molecule has 202 valence electrons. The Bertz CT molecular complexity index is 1380. The van der Waals surface area contributed by atoms with Crippen LogP contribution < -0.4 is 9.62 Å². The maximum absolute atomic E-state index is 13.9. The molecule has 0 aliphatic heterocycles. The van der Waals surface area contributed by atoms with Gasteiger partial charge in [-0.15, -0.1) is 0 Å². The number of halogens is 1. The molecule has 0 bridgehead atoms. The molecule has 0 saturated carbocycles. The molecule has 0 radical (unpaired) electrons. The highest BCUT2D eigenvalue weighted by atomic mass is 35.5. The van der Waals surface area contributed by atoms with Gasteiger partial charge in [-0.1, -0.05) is 65.7 Å². The summed E-state index contributed by atoms with van der Waals surface area (Å²) in [5, 5.41) is 3.22. The number of carbonyl (C=O) groups is 2. The zero-order valence-corrected chi connectivity index (χ0v) is 23.9. The maximum Gasteiger partial charge on any atom is 0.264 e.